The molecule has 0 bridgehead atoms. The van der Waals surface area contributed by atoms with Crippen LogP contribution in [0, 0.1) is 5.92 Å². The Balaban J connectivity index is 1.44. The molecular weight excluding hydrogens is 568 g/mol. The minimum Gasteiger partial charge on any atom is -0.396 e. The van der Waals surface area contributed by atoms with Gasteiger partial charge >= 0.3 is 0 Å². The summed E-state index contributed by atoms with van der Waals surface area (Å²) in [7, 11) is 0. The molecule has 0 amide bonds. The predicted molar refractivity (Wildman–Crippen MR) is 172 cm³/mol. The number of rotatable bonds is 17. The molecule has 5 rings (SSSR count). The number of benzene rings is 4. The highest BCUT2D eigenvalue weighted by Gasteiger charge is 2.48. The van der Waals surface area contributed by atoms with E-state index in [1.165, 1.54) is 0 Å². The van der Waals surface area contributed by atoms with Crippen molar-refractivity contribution in [3.05, 3.63) is 144 Å². The van der Waals surface area contributed by atoms with Crippen LogP contribution in [0.5, 0.6) is 0 Å². The van der Waals surface area contributed by atoms with Crippen LogP contribution in [0.2, 0.25) is 0 Å². The van der Waals surface area contributed by atoms with Crippen molar-refractivity contribution >= 4 is 0 Å². The third-order valence-electron chi connectivity index (χ3n) is 8.06. The Hall–Kier alpha value is -3.40. The van der Waals surface area contributed by atoms with E-state index in [9.17, 15) is 10.2 Å². The maximum absolute atomic E-state index is 10.0. The van der Waals surface area contributed by atoms with Gasteiger partial charge in [-0.25, -0.2) is 0 Å². The van der Waals surface area contributed by atoms with Crippen molar-refractivity contribution in [2.45, 2.75) is 63.4 Å². The van der Waals surface area contributed by atoms with E-state index in [2.05, 4.69) is 0 Å². The van der Waals surface area contributed by atoms with Gasteiger partial charge in [0.1, 0.15) is 24.4 Å². The Kier molecular flexibility index (Phi) is 13.1. The monoisotopic (exact) mass is 612 g/mol. The van der Waals surface area contributed by atoms with Crippen LogP contribution in [0.25, 0.3) is 0 Å². The predicted octanol–water partition coefficient (Wildman–Crippen LogP) is 5.72. The van der Waals surface area contributed by atoms with Gasteiger partial charge in [-0.1, -0.05) is 121 Å². The van der Waals surface area contributed by atoms with E-state index >= 15 is 0 Å². The topological polar surface area (TPSA) is 86.6 Å². The second-order valence-corrected chi connectivity index (χ2v) is 11.5. The molecule has 0 unspecified atom stereocenters. The number of hydrogen-bond donors (Lipinski definition) is 2. The summed E-state index contributed by atoms with van der Waals surface area (Å²) in [5, 5.41) is 20.1. The van der Waals surface area contributed by atoms with Gasteiger partial charge in [-0.2, -0.15) is 0 Å². The lowest BCUT2D eigenvalue weighted by atomic mass is 9.89. The molecule has 1 heterocycles. The Morgan fingerprint density at radius 2 is 0.867 bits per heavy atom. The molecule has 0 aliphatic carbocycles. The van der Waals surface area contributed by atoms with Gasteiger partial charge in [0.25, 0.3) is 0 Å². The molecule has 0 saturated carbocycles. The average molecular weight is 613 g/mol. The van der Waals surface area contributed by atoms with Crippen molar-refractivity contribution < 1.29 is 33.9 Å². The third-order valence-corrected chi connectivity index (χ3v) is 8.06. The standard InChI is InChI=1S/C38H44O7/c39-22-33(23-40)21-34-36(42-25-30-15-7-2-8-16-30)38(44-27-32-19-11-4-12-20-32)37(43-26-31-17-9-3-10-18-31)35(45-34)28-41-24-29-13-5-1-6-14-29/h1-20,33-40H,21-28H2/t34-,35+,36-,37-,38+/m0/s1. The van der Waals surface area contributed by atoms with Gasteiger partial charge in [0.2, 0.25) is 0 Å². The Morgan fingerprint density at radius 1 is 0.489 bits per heavy atom. The van der Waals surface area contributed by atoms with Crippen LogP contribution in [0.15, 0.2) is 121 Å². The summed E-state index contributed by atoms with van der Waals surface area (Å²) in [6.45, 7) is 1.43. The van der Waals surface area contributed by atoms with Crippen LogP contribution in [-0.4, -0.2) is 60.6 Å². The Labute approximate surface area is 266 Å². The highest BCUT2D eigenvalue weighted by atomic mass is 16.6. The molecule has 1 aliphatic rings. The van der Waals surface area contributed by atoms with E-state index in [-0.39, 0.29) is 25.7 Å². The van der Waals surface area contributed by atoms with E-state index in [1.807, 2.05) is 121 Å². The number of ether oxygens (including phenoxy) is 5. The van der Waals surface area contributed by atoms with Crippen molar-refractivity contribution in [2.75, 3.05) is 19.8 Å². The van der Waals surface area contributed by atoms with Crippen molar-refractivity contribution in [3.8, 4) is 0 Å². The molecule has 0 radical (unpaired) electrons. The van der Waals surface area contributed by atoms with Crippen LogP contribution >= 0.6 is 0 Å². The van der Waals surface area contributed by atoms with Crippen molar-refractivity contribution in [2.24, 2.45) is 5.92 Å². The van der Waals surface area contributed by atoms with Gasteiger partial charge in [-0.15, -0.1) is 0 Å². The highest BCUT2D eigenvalue weighted by molar-refractivity contribution is 5.16. The van der Waals surface area contributed by atoms with Crippen molar-refractivity contribution in [3.63, 3.8) is 0 Å². The second kappa shape index (κ2) is 17.9. The van der Waals surface area contributed by atoms with E-state index in [0.29, 0.717) is 32.8 Å². The zero-order valence-corrected chi connectivity index (χ0v) is 25.6. The minimum atomic E-state index is -0.541. The quantitative estimate of drug-likeness (QED) is 0.158. The highest BCUT2D eigenvalue weighted by Crippen LogP contribution is 2.33. The Morgan fingerprint density at radius 3 is 1.29 bits per heavy atom. The second-order valence-electron chi connectivity index (χ2n) is 11.5. The molecule has 0 aromatic heterocycles. The van der Waals surface area contributed by atoms with Crippen molar-refractivity contribution in [1.82, 2.24) is 0 Å². The molecule has 7 heteroatoms. The first-order valence-electron chi connectivity index (χ1n) is 15.7. The van der Waals surface area contributed by atoms with Gasteiger partial charge in [0, 0.05) is 19.1 Å². The van der Waals surface area contributed by atoms with E-state index in [0.717, 1.165) is 22.3 Å². The first kappa shape index (κ1) is 33.0. The fourth-order valence-corrected chi connectivity index (χ4v) is 5.61. The van der Waals surface area contributed by atoms with Crippen LogP contribution in [0.3, 0.4) is 0 Å². The Bertz CT molecular complexity index is 1340. The lowest BCUT2D eigenvalue weighted by Crippen LogP contribution is -2.61. The van der Waals surface area contributed by atoms with Crippen LogP contribution in [-0.2, 0) is 50.1 Å². The summed E-state index contributed by atoms with van der Waals surface area (Å²) in [5.74, 6) is -0.375. The van der Waals surface area contributed by atoms with E-state index < -0.39 is 30.5 Å². The first-order chi connectivity index (χ1) is 22.2. The molecule has 1 saturated heterocycles. The fourth-order valence-electron chi connectivity index (χ4n) is 5.61. The average Bonchev–Trinajstić information content (AvgIpc) is 3.10. The largest absolute Gasteiger partial charge is 0.396 e. The summed E-state index contributed by atoms with van der Waals surface area (Å²) in [6, 6.07) is 40.1. The maximum atomic E-state index is 10.0. The van der Waals surface area contributed by atoms with Crippen molar-refractivity contribution in [1.29, 1.82) is 0 Å². The molecule has 1 fully saturated rings. The van der Waals surface area contributed by atoms with Gasteiger partial charge < -0.3 is 33.9 Å². The van der Waals surface area contributed by atoms with Crippen LogP contribution in [0.1, 0.15) is 28.7 Å². The fraction of sp³-hybridized carbons (Fsp3) is 0.368. The summed E-state index contributed by atoms with van der Waals surface area (Å²) >= 11 is 0. The van der Waals surface area contributed by atoms with Gasteiger partial charge in [0.05, 0.1) is 39.1 Å². The number of hydrogen-bond acceptors (Lipinski definition) is 7. The van der Waals surface area contributed by atoms with Gasteiger partial charge in [0.15, 0.2) is 0 Å². The summed E-state index contributed by atoms with van der Waals surface area (Å²) in [4.78, 5) is 0. The molecule has 0 spiro atoms. The molecular formula is C38H44O7. The normalized spacial score (nSPS) is 21.6. The molecule has 4 aromatic carbocycles. The summed E-state index contributed by atoms with van der Waals surface area (Å²) < 4.78 is 33.0. The summed E-state index contributed by atoms with van der Waals surface area (Å²) in [5.41, 5.74) is 4.15. The lowest BCUT2D eigenvalue weighted by Gasteiger charge is -2.47. The maximum Gasteiger partial charge on any atom is 0.115 e. The number of aliphatic hydroxyl groups is 2. The lowest BCUT2D eigenvalue weighted by molar-refractivity contribution is -0.275. The zero-order valence-electron chi connectivity index (χ0n) is 25.6. The molecule has 45 heavy (non-hydrogen) atoms. The smallest absolute Gasteiger partial charge is 0.115 e. The molecule has 1 aliphatic heterocycles. The third kappa shape index (κ3) is 10.0. The number of aliphatic hydroxyl groups excluding tert-OH is 2. The zero-order chi connectivity index (χ0) is 31.1. The molecule has 2 N–H and O–H groups in total. The minimum absolute atomic E-state index is 0.166. The van der Waals surface area contributed by atoms with Gasteiger partial charge in [-0.05, 0) is 28.7 Å². The molecule has 4 aromatic rings. The van der Waals surface area contributed by atoms with Crippen LogP contribution < -0.4 is 0 Å². The molecule has 5 atom stereocenters. The molecule has 238 valence electrons. The molecule has 7 nitrogen and oxygen atoms in total. The van der Waals surface area contributed by atoms with E-state index in [4.69, 9.17) is 23.7 Å². The van der Waals surface area contributed by atoms with E-state index in [1.54, 1.807) is 0 Å². The SMILES string of the molecule is OCC(CO)C[C@@H]1O[C@H](COCc2ccccc2)[C@H](OCc2ccccc2)[C@H](OCc2ccccc2)[C@H]1OCc1ccccc1. The van der Waals surface area contributed by atoms with Crippen LogP contribution in [0.4, 0.5) is 0 Å². The van der Waals surface area contributed by atoms with Gasteiger partial charge in [-0.3, -0.25) is 0 Å². The first-order valence-corrected chi connectivity index (χ1v) is 15.7. The summed E-state index contributed by atoms with van der Waals surface area (Å²) in [6.07, 6.45) is -2.18.